The molecule has 3 nitrogen and oxygen atoms in total. The number of benzene rings is 1. The Hall–Kier alpha value is -1.10. The zero-order chi connectivity index (χ0) is 13.8. The SMILES string of the molecule is CC(C)C(C)S(=O)(=O)CCNc1cccc(F)c1. The molecule has 0 radical (unpaired) electrons. The summed E-state index contributed by atoms with van der Waals surface area (Å²) in [7, 11) is -3.10. The van der Waals surface area contributed by atoms with Gasteiger partial charge in [0.25, 0.3) is 0 Å². The smallest absolute Gasteiger partial charge is 0.154 e. The van der Waals surface area contributed by atoms with Gasteiger partial charge in [-0.1, -0.05) is 19.9 Å². The number of anilines is 1. The van der Waals surface area contributed by atoms with Crippen molar-refractivity contribution in [1.29, 1.82) is 0 Å². The molecular weight excluding hydrogens is 253 g/mol. The molecule has 0 saturated heterocycles. The number of sulfone groups is 1. The van der Waals surface area contributed by atoms with Gasteiger partial charge in [-0.05, 0) is 31.0 Å². The van der Waals surface area contributed by atoms with Crippen molar-refractivity contribution in [3.63, 3.8) is 0 Å². The molecule has 0 heterocycles. The van der Waals surface area contributed by atoms with Crippen LogP contribution in [0.3, 0.4) is 0 Å². The van der Waals surface area contributed by atoms with E-state index >= 15 is 0 Å². The molecule has 0 saturated carbocycles. The van der Waals surface area contributed by atoms with Crippen molar-refractivity contribution < 1.29 is 12.8 Å². The van der Waals surface area contributed by atoms with Gasteiger partial charge in [0.2, 0.25) is 0 Å². The van der Waals surface area contributed by atoms with Crippen molar-refractivity contribution >= 4 is 15.5 Å². The second kappa shape index (κ2) is 6.18. The van der Waals surface area contributed by atoms with Crippen LogP contribution in [0.2, 0.25) is 0 Å². The van der Waals surface area contributed by atoms with Gasteiger partial charge in [-0.3, -0.25) is 0 Å². The normalized spacial score (nSPS) is 13.6. The van der Waals surface area contributed by atoms with Crippen LogP contribution in [0.5, 0.6) is 0 Å². The molecular formula is C13H20FNO2S. The van der Waals surface area contributed by atoms with Crippen molar-refractivity contribution in [3.05, 3.63) is 30.1 Å². The van der Waals surface area contributed by atoms with Crippen molar-refractivity contribution in [2.75, 3.05) is 17.6 Å². The summed E-state index contributed by atoms with van der Waals surface area (Å²) in [5.41, 5.74) is 0.599. The fourth-order valence-corrected chi connectivity index (χ4v) is 3.12. The molecule has 1 rings (SSSR count). The average molecular weight is 273 g/mol. The zero-order valence-electron chi connectivity index (χ0n) is 11.0. The molecule has 102 valence electrons. The standard InChI is InChI=1S/C13H20FNO2S/c1-10(2)11(3)18(16,17)8-7-15-13-6-4-5-12(14)9-13/h4-6,9-11,15H,7-8H2,1-3H3. The van der Waals surface area contributed by atoms with Crippen LogP contribution in [0.25, 0.3) is 0 Å². The van der Waals surface area contributed by atoms with E-state index < -0.39 is 9.84 Å². The van der Waals surface area contributed by atoms with Crippen molar-refractivity contribution in [1.82, 2.24) is 0 Å². The van der Waals surface area contributed by atoms with Gasteiger partial charge in [-0.25, -0.2) is 12.8 Å². The Kier molecular flexibility index (Phi) is 5.14. The monoisotopic (exact) mass is 273 g/mol. The van der Waals surface area contributed by atoms with E-state index in [4.69, 9.17) is 0 Å². The highest BCUT2D eigenvalue weighted by Crippen LogP contribution is 2.13. The quantitative estimate of drug-likeness (QED) is 0.867. The van der Waals surface area contributed by atoms with Crippen LogP contribution < -0.4 is 5.32 Å². The summed E-state index contributed by atoms with van der Waals surface area (Å²) in [4.78, 5) is 0. The third-order valence-electron chi connectivity index (χ3n) is 3.05. The van der Waals surface area contributed by atoms with Gasteiger partial charge in [-0.2, -0.15) is 0 Å². The summed E-state index contributed by atoms with van der Waals surface area (Å²) in [6.45, 7) is 5.80. The summed E-state index contributed by atoms with van der Waals surface area (Å²) in [6.07, 6.45) is 0. The molecule has 0 spiro atoms. The summed E-state index contributed by atoms with van der Waals surface area (Å²) in [6, 6.07) is 5.99. The number of halogens is 1. The van der Waals surface area contributed by atoms with Crippen LogP contribution in [0.15, 0.2) is 24.3 Å². The fourth-order valence-electron chi connectivity index (χ4n) is 1.54. The highest BCUT2D eigenvalue weighted by atomic mass is 32.2. The van der Waals surface area contributed by atoms with E-state index in [1.165, 1.54) is 12.1 Å². The fraction of sp³-hybridized carbons (Fsp3) is 0.538. The average Bonchev–Trinajstić information content (AvgIpc) is 2.27. The lowest BCUT2D eigenvalue weighted by molar-refractivity contribution is 0.546. The third kappa shape index (κ3) is 4.29. The van der Waals surface area contributed by atoms with E-state index in [1.54, 1.807) is 19.1 Å². The van der Waals surface area contributed by atoms with Crippen LogP contribution in [-0.4, -0.2) is 26.0 Å². The molecule has 1 aromatic rings. The molecule has 0 amide bonds. The molecule has 0 aliphatic heterocycles. The van der Waals surface area contributed by atoms with Crippen LogP contribution in [0, 0.1) is 11.7 Å². The molecule has 0 bridgehead atoms. The Bertz CT molecular complexity index is 486. The minimum atomic E-state index is -3.10. The minimum Gasteiger partial charge on any atom is -0.384 e. The Morgan fingerprint density at radius 2 is 1.94 bits per heavy atom. The number of hydrogen-bond donors (Lipinski definition) is 1. The lowest BCUT2D eigenvalue weighted by atomic mass is 10.2. The maximum Gasteiger partial charge on any atom is 0.154 e. The number of nitrogens with one attached hydrogen (secondary N) is 1. The van der Waals surface area contributed by atoms with Crippen LogP contribution in [0.1, 0.15) is 20.8 Å². The molecule has 0 aromatic heterocycles. The second-order valence-corrected chi connectivity index (χ2v) is 7.23. The maximum absolute atomic E-state index is 12.9. The van der Waals surface area contributed by atoms with E-state index in [1.807, 2.05) is 13.8 Å². The first-order valence-electron chi connectivity index (χ1n) is 6.04. The van der Waals surface area contributed by atoms with Crippen LogP contribution in [-0.2, 0) is 9.84 Å². The lowest BCUT2D eigenvalue weighted by Crippen LogP contribution is -2.29. The van der Waals surface area contributed by atoms with Gasteiger partial charge < -0.3 is 5.32 Å². The molecule has 0 aliphatic rings. The highest BCUT2D eigenvalue weighted by molar-refractivity contribution is 7.92. The van der Waals surface area contributed by atoms with E-state index in [0.717, 1.165) is 0 Å². The van der Waals surface area contributed by atoms with Gasteiger partial charge >= 0.3 is 0 Å². The topological polar surface area (TPSA) is 46.2 Å². The first-order valence-corrected chi connectivity index (χ1v) is 7.75. The van der Waals surface area contributed by atoms with E-state index in [9.17, 15) is 12.8 Å². The van der Waals surface area contributed by atoms with Gasteiger partial charge in [0.15, 0.2) is 9.84 Å². The first-order chi connectivity index (χ1) is 8.33. The minimum absolute atomic E-state index is 0.0584. The lowest BCUT2D eigenvalue weighted by Gasteiger charge is -2.16. The second-order valence-electron chi connectivity index (χ2n) is 4.75. The van der Waals surface area contributed by atoms with E-state index in [2.05, 4.69) is 5.32 Å². The molecule has 1 unspecified atom stereocenters. The first kappa shape index (κ1) is 15.0. The molecule has 0 aliphatic carbocycles. The Morgan fingerprint density at radius 3 is 2.50 bits per heavy atom. The highest BCUT2D eigenvalue weighted by Gasteiger charge is 2.23. The third-order valence-corrected chi connectivity index (χ3v) is 5.50. The summed E-state index contributed by atoms with van der Waals surface area (Å²) >= 11 is 0. The summed E-state index contributed by atoms with van der Waals surface area (Å²) < 4.78 is 36.7. The predicted molar refractivity (Wildman–Crippen MR) is 73.0 cm³/mol. The van der Waals surface area contributed by atoms with Crippen molar-refractivity contribution in [2.45, 2.75) is 26.0 Å². The van der Waals surface area contributed by atoms with Crippen molar-refractivity contribution in [2.24, 2.45) is 5.92 Å². The summed E-state index contributed by atoms with van der Waals surface area (Å²) in [5, 5.41) is 2.56. The van der Waals surface area contributed by atoms with Gasteiger partial charge in [-0.15, -0.1) is 0 Å². The zero-order valence-corrected chi connectivity index (χ0v) is 11.8. The van der Waals surface area contributed by atoms with Gasteiger partial charge in [0.05, 0.1) is 11.0 Å². The Morgan fingerprint density at radius 1 is 1.28 bits per heavy atom. The molecule has 0 fully saturated rings. The number of hydrogen-bond acceptors (Lipinski definition) is 3. The Labute approximate surface area is 108 Å². The molecule has 1 atom stereocenters. The molecule has 1 N–H and O–H groups in total. The Balaban J connectivity index is 2.52. The molecule has 1 aromatic carbocycles. The van der Waals surface area contributed by atoms with E-state index in [0.29, 0.717) is 12.2 Å². The predicted octanol–water partition coefficient (Wildman–Crippen LogP) is 2.70. The van der Waals surface area contributed by atoms with Crippen LogP contribution in [0.4, 0.5) is 10.1 Å². The van der Waals surface area contributed by atoms with Crippen molar-refractivity contribution in [3.8, 4) is 0 Å². The van der Waals surface area contributed by atoms with Gasteiger partial charge in [0, 0.05) is 12.2 Å². The maximum atomic E-state index is 12.9. The summed E-state index contributed by atoms with van der Waals surface area (Å²) in [5.74, 6) is -0.175. The van der Waals surface area contributed by atoms with Gasteiger partial charge in [0.1, 0.15) is 5.82 Å². The largest absolute Gasteiger partial charge is 0.384 e. The van der Waals surface area contributed by atoms with E-state index in [-0.39, 0.29) is 22.7 Å². The molecule has 18 heavy (non-hydrogen) atoms. The number of rotatable bonds is 6. The molecule has 5 heteroatoms. The van der Waals surface area contributed by atoms with Crippen LogP contribution >= 0.6 is 0 Å².